The lowest BCUT2D eigenvalue weighted by Gasteiger charge is -2.10. The molecule has 6 heteroatoms. The SMILES string of the molecule is Cc1ccc(C(=O)O)c(Nc2ccc(NCCO)cc2)n1. The fourth-order valence-corrected chi connectivity index (χ4v) is 1.83. The summed E-state index contributed by atoms with van der Waals surface area (Å²) in [7, 11) is 0. The third kappa shape index (κ3) is 3.93. The van der Waals surface area contributed by atoms with Crippen LogP contribution < -0.4 is 10.6 Å². The zero-order chi connectivity index (χ0) is 15.2. The number of anilines is 3. The van der Waals surface area contributed by atoms with Crippen molar-refractivity contribution in [3.05, 3.63) is 47.7 Å². The smallest absolute Gasteiger partial charge is 0.339 e. The van der Waals surface area contributed by atoms with Gasteiger partial charge >= 0.3 is 5.97 Å². The van der Waals surface area contributed by atoms with E-state index in [1.807, 2.05) is 24.3 Å². The van der Waals surface area contributed by atoms with Crippen LogP contribution in [0.15, 0.2) is 36.4 Å². The summed E-state index contributed by atoms with van der Waals surface area (Å²) in [5.74, 6) is -0.704. The number of carbonyl (C=O) groups is 1. The summed E-state index contributed by atoms with van der Waals surface area (Å²) in [6.07, 6.45) is 0. The van der Waals surface area contributed by atoms with E-state index in [1.54, 1.807) is 13.0 Å². The number of hydrogen-bond donors (Lipinski definition) is 4. The predicted octanol–water partition coefficient (Wildman–Crippen LogP) is 2.24. The zero-order valence-corrected chi connectivity index (χ0v) is 11.6. The number of aliphatic hydroxyl groups is 1. The Hall–Kier alpha value is -2.60. The molecule has 0 aliphatic heterocycles. The van der Waals surface area contributed by atoms with E-state index >= 15 is 0 Å². The Bertz CT molecular complexity index is 627. The topological polar surface area (TPSA) is 94.5 Å². The second-order valence-electron chi connectivity index (χ2n) is 4.51. The lowest BCUT2D eigenvalue weighted by molar-refractivity contribution is 0.0697. The average Bonchev–Trinajstić information content (AvgIpc) is 2.46. The van der Waals surface area contributed by atoms with Gasteiger partial charge in [-0.05, 0) is 43.3 Å². The number of nitrogens with one attached hydrogen (secondary N) is 2. The highest BCUT2D eigenvalue weighted by atomic mass is 16.4. The molecule has 0 unspecified atom stereocenters. The molecule has 0 saturated carbocycles. The Morgan fingerprint density at radius 3 is 2.43 bits per heavy atom. The number of aromatic nitrogens is 1. The molecule has 0 aliphatic rings. The maximum absolute atomic E-state index is 11.2. The third-order valence-corrected chi connectivity index (χ3v) is 2.85. The monoisotopic (exact) mass is 287 g/mol. The maximum atomic E-state index is 11.2. The molecule has 0 aliphatic carbocycles. The van der Waals surface area contributed by atoms with Crippen molar-refractivity contribution in [1.82, 2.24) is 4.98 Å². The van der Waals surface area contributed by atoms with Crippen LogP contribution in [0.5, 0.6) is 0 Å². The van der Waals surface area contributed by atoms with Gasteiger partial charge < -0.3 is 20.8 Å². The molecule has 0 amide bonds. The van der Waals surface area contributed by atoms with Crippen molar-refractivity contribution in [2.75, 3.05) is 23.8 Å². The molecule has 1 heterocycles. The molecule has 0 bridgehead atoms. The molecular formula is C15H17N3O3. The van der Waals surface area contributed by atoms with Crippen LogP contribution in [-0.2, 0) is 0 Å². The first-order valence-corrected chi connectivity index (χ1v) is 6.53. The van der Waals surface area contributed by atoms with Gasteiger partial charge in [-0.15, -0.1) is 0 Å². The quantitative estimate of drug-likeness (QED) is 0.651. The van der Waals surface area contributed by atoms with Crippen LogP contribution in [0.3, 0.4) is 0 Å². The second-order valence-corrected chi connectivity index (χ2v) is 4.51. The first kappa shape index (κ1) is 14.8. The van der Waals surface area contributed by atoms with Gasteiger partial charge in [0.15, 0.2) is 0 Å². The zero-order valence-electron chi connectivity index (χ0n) is 11.6. The maximum Gasteiger partial charge on any atom is 0.339 e. The van der Waals surface area contributed by atoms with Gasteiger partial charge in [-0.2, -0.15) is 0 Å². The van der Waals surface area contributed by atoms with Crippen LogP contribution in [0.25, 0.3) is 0 Å². The molecule has 2 rings (SSSR count). The van der Waals surface area contributed by atoms with Gasteiger partial charge in [0.2, 0.25) is 0 Å². The molecule has 0 saturated heterocycles. The Kier molecular flexibility index (Phi) is 4.73. The van der Waals surface area contributed by atoms with Crippen LogP contribution in [0.4, 0.5) is 17.2 Å². The number of aryl methyl sites for hydroxylation is 1. The number of benzene rings is 1. The van der Waals surface area contributed by atoms with E-state index < -0.39 is 5.97 Å². The van der Waals surface area contributed by atoms with Gasteiger partial charge in [0.05, 0.1) is 6.61 Å². The van der Waals surface area contributed by atoms with Gasteiger partial charge in [0.1, 0.15) is 11.4 Å². The largest absolute Gasteiger partial charge is 0.478 e. The van der Waals surface area contributed by atoms with Crippen molar-refractivity contribution in [3.8, 4) is 0 Å². The number of pyridine rings is 1. The number of aliphatic hydroxyl groups excluding tert-OH is 1. The minimum Gasteiger partial charge on any atom is -0.478 e. The van der Waals surface area contributed by atoms with E-state index in [2.05, 4.69) is 15.6 Å². The highest BCUT2D eigenvalue weighted by Crippen LogP contribution is 2.21. The number of rotatable bonds is 6. The summed E-state index contributed by atoms with van der Waals surface area (Å²) < 4.78 is 0. The van der Waals surface area contributed by atoms with Crippen LogP contribution >= 0.6 is 0 Å². The van der Waals surface area contributed by atoms with E-state index in [-0.39, 0.29) is 12.2 Å². The fourth-order valence-electron chi connectivity index (χ4n) is 1.83. The summed E-state index contributed by atoms with van der Waals surface area (Å²) in [5.41, 5.74) is 2.49. The van der Waals surface area contributed by atoms with Crippen molar-refractivity contribution in [1.29, 1.82) is 0 Å². The molecular weight excluding hydrogens is 270 g/mol. The number of hydrogen-bond acceptors (Lipinski definition) is 5. The summed E-state index contributed by atoms with van der Waals surface area (Å²) >= 11 is 0. The number of carboxylic acid groups (broad SMARTS) is 1. The summed E-state index contributed by atoms with van der Waals surface area (Å²) in [4.78, 5) is 15.4. The molecule has 6 nitrogen and oxygen atoms in total. The van der Waals surface area contributed by atoms with Gasteiger partial charge in [-0.3, -0.25) is 0 Å². The molecule has 1 aromatic carbocycles. The summed E-state index contributed by atoms with van der Waals surface area (Å²) in [6.45, 7) is 2.35. The Morgan fingerprint density at radius 1 is 1.14 bits per heavy atom. The van der Waals surface area contributed by atoms with Crippen LogP contribution in [0, 0.1) is 6.92 Å². The second kappa shape index (κ2) is 6.71. The Morgan fingerprint density at radius 2 is 1.81 bits per heavy atom. The van der Waals surface area contributed by atoms with Crippen LogP contribution in [0.2, 0.25) is 0 Å². The number of nitrogens with zero attached hydrogens (tertiary/aromatic N) is 1. The standard InChI is InChI=1S/C15H17N3O3/c1-10-2-7-13(15(20)21)14(17-10)18-12-5-3-11(4-6-12)16-8-9-19/h2-7,16,19H,8-9H2,1H3,(H,17,18)(H,20,21). The van der Waals surface area contributed by atoms with E-state index in [1.165, 1.54) is 6.07 Å². The minimum atomic E-state index is -1.02. The number of aromatic carboxylic acids is 1. The van der Waals surface area contributed by atoms with Crippen molar-refractivity contribution in [3.63, 3.8) is 0 Å². The first-order valence-electron chi connectivity index (χ1n) is 6.53. The Balaban J connectivity index is 2.18. The molecule has 1 aromatic heterocycles. The highest BCUT2D eigenvalue weighted by molar-refractivity contribution is 5.94. The van der Waals surface area contributed by atoms with Crippen LogP contribution in [-0.4, -0.2) is 34.3 Å². The summed E-state index contributed by atoms with van der Waals surface area (Å²) in [6, 6.07) is 10.5. The summed E-state index contributed by atoms with van der Waals surface area (Å²) in [5, 5.41) is 24.0. The van der Waals surface area contributed by atoms with Gasteiger partial charge in [0, 0.05) is 23.6 Å². The van der Waals surface area contributed by atoms with Crippen LogP contribution in [0.1, 0.15) is 16.1 Å². The molecule has 0 fully saturated rings. The van der Waals surface area contributed by atoms with E-state index in [9.17, 15) is 4.79 Å². The van der Waals surface area contributed by atoms with E-state index in [0.717, 1.165) is 17.1 Å². The van der Waals surface area contributed by atoms with E-state index in [0.29, 0.717) is 12.4 Å². The Labute approximate surface area is 122 Å². The molecule has 0 spiro atoms. The molecule has 2 aromatic rings. The normalized spacial score (nSPS) is 10.2. The number of carboxylic acids is 1. The fraction of sp³-hybridized carbons (Fsp3) is 0.200. The van der Waals surface area contributed by atoms with Gasteiger partial charge in [0.25, 0.3) is 0 Å². The predicted molar refractivity (Wildman–Crippen MR) is 81.2 cm³/mol. The molecule has 21 heavy (non-hydrogen) atoms. The molecule has 0 atom stereocenters. The average molecular weight is 287 g/mol. The van der Waals surface area contributed by atoms with Crippen molar-refractivity contribution < 1.29 is 15.0 Å². The lowest BCUT2D eigenvalue weighted by atomic mass is 10.2. The van der Waals surface area contributed by atoms with Crippen molar-refractivity contribution >= 4 is 23.2 Å². The first-order chi connectivity index (χ1) is 10.1. The minimum absolute atomic E-state index is 0.0647. The third-order valence-electron chi connectivity index (χ3n) is 2.85. The molecule has 110 valence electrons. The van der Waals surface area contributed by atoms with E-state index in [4.69, 9.17) is 10.2 Å². The molecule has 0 radical (unpaired) electrons. The molecule has 4 N–H and O–H groups in total. The van der Waals surface area contributed by atoms with Gasteiger partial charge in [-0.25, -0.2) is 9.78 Å². The van der Waals surface area contributed by atoms with Crippen molar-refractivity contribution in [2.24, 2.45) is 0 Å². The lowest BCUT2D eigenvalue weighted by Crippen LogP contribution is -2.06. The highest BCUT2D eigenvalue weighted by Gasteiger charge is 2.11. The van der Waals surface area contributed by atoms with Crippen molar-refractivity contribution in [2.45, 2.75) is 6.92 Å². The van der Waals surface area contributed by atoms with Gasteiger partial charge in [-0.1, -0.05) is 0 Å².